The number of ether oxygens (including phenoxy) is 1. The molecular weight excluding hydrogens is 515 g/mol. The Balaban J connectivity index is 0.000000357. The SMILES string of the molecule is CN(C(=O)OC(C)(C)C)c1cnc(N2CCC[C@H]2CO)cc1I.OC[C@@H]1C[C@@H](O)CN1. The van der Waals surface area contributed by atoms with E-state index in [1.54, 1.807) is 13.2 Å². The Morgan fingerprint density at radius 2 is 2.10 bits per heavy atom. The van der Waals surface area contributed by atoms with Crippen molar-refractivity contribution in [2.45, 2.75) is 63.8 Å². The van der Waals surface area contributed by atoms with Gasteiger partial charge in [-0.15, -0.1) is 0 Å². The number of carbonyl (C=O) groups is 1. The zero-order valence-corrected chi connectivity index (χ0v) is 20.9. The lowest BCUT2D eigenvalue weighted by atomic mass is 10.2. The van der Waals surface area contributed by atoms with Crippen LogP contribution in [0.5, 0.6) is 0 Å². The summed E-state index contributed by atoms with van der Waals surface area (Å²) in [6, 6.07) is 2.21. The van der Waals surface area contributed by atoms with Crippen LogP contribution in [-0.4, -0.2) is 83.5 Å². The van der Waals surface area contributed by atoms with Crippen LogP contribution in [0, 0.1) is 3.57 Å². The topological polar surface area (TPSA) is 118 Å². The number of hydrogen-bond donors (Lipinski definition) is 4. The largest absolute Gasteiger partial charge is 0.443 e. The molecule has 2 fully saturated rings. The summed E-state index contributed by atoms with van der Waals surface area (Å²) < 4.78 is 6.31. The normalized spacial score (nSPS) is 23.4. The number of nitrogens with one attached hydrogen (secondary N) is 1. The van der Waals surface area contributed by atoms with E-state index in [1.807, 2.05) is 26.8 Å². The van der Waals surface area contributed by atoms with Crippen molar-refractivity contribution in [2.24, 2.45) is 0 Å². The van der Waals surface area contributed by atoms with E-state index in [0.29, 0.717) is 18.7 Å². The maximum absolute atomic E-state index is 12.2. The van der Waals surface area contributed by atoms with Crippen LogP contribution in [0.4, 0.5) is 16.3 Å². The molecule has 4 N–H and O–H groups in total. The van der Waals surface area contributed by atoms with Gasteiger partial charge in [0.1, 0.15) is 11.4 Å². The second kappa shape index (κ2) is 11.6. The molecule has 3 heterocycles. The molecule has 2 saturated heterocycles. The third-order valence-electron chi connectivity index (χ3n) is 5.15. The van der Waals surface area contributed by atoms with Crippen molar-refractivity contribution in [3.05, 3.63) is 15.8 Å². The van der Waals surface area contributed by atoms with Crippen molar-refractivity contribution in [3.63, 3.8) is 0 Å². The second-order valence-electron chi connectivity index (χ2n) is 8.88. The van der Waals surface area contributed by atoms with Gasteiger partial charge in [-0.2, -0.15) is 0 Å². The average Bonchev–Trinajstić information content (AvgIpc) is 3.35. The fourth-order valence-electron chi connectivity index (χ4n) is 3.51. The Bertz CT molecular complexity index is 730. The standard InChI is InChI=1S/C16H24IN3O3.C5H11NO2/c1-16(2,3)23-15(22)19(4)13-9-18-14(8-12(13)17)20-7-5-6-11(20)10-21;7-3-4-1-5(8)2-6-4/h8-9,11,21H,5-7,10H2,1-4H3;4-8H,1-3H2/t11-;4-,5+/m00/s1. The van der Waals surface area contributed by atoms with E-state index >= 15 is 0 Å². The molecule has 0 unspecified atom stereocenters. The van der Waals surface area contributed by atoms with Gasteiger partial charge in [-0.25, -0.2) is 9.78 Å². The van der Waals surface area contributed by atoms with Gasteiger partial charge in [-0.1, -0.05) is 0 Å². The molecule has 9 nitrogen and oxygen atoms in total. The molecule has 0 aliphatic carbocycles. The number of aromatic nitrogens is 1. The number of nitrogens with zero attached hydrogens (tertiary/aromatic N) is 3. The van der Waals surface area contributed by atoms with E-state index in [1.165, 1.54) is 4.90 Å². The molecule has 2 aliphatic heterocycles. The fourth-order valence-corrected chi connectivity index (χ4v) is 4.29. The van der Waals surface area contributed by atoms with Gasteiger partial charge in [-0.05, 0) is 68.7 Å². The molecule has 31 heavy (non-hydrogen) atoms. The first-order valence-corrected chi connectivity index (χ1v) is 11.7. The summed E-state index contributed by atoms with van der Waals surface area (Å²) in [6.07, 6.45) is 3.77. The first-order valence-electron chi connectivity index (χ1n) is 10.6. The quantitative estimate of drug-likeness (QED) is 0.419. The molecule has 1 aromatic rings. The minimum absolute atomic E-state index is 0.130. The molecule has 2 aliphatic rings. The molecule has 3 atom stereocenters. The van der Waals surface area contributed by atoms with Gasteiger partial charge in [0, 0.05) is 29.7 Å². The maximum atomic E-state index is 12.2. The number of anilines is 2. The van der Waals surface area contributed by atoms with E-state index in [4.69, 9.17) is 14.9 Å². The molecule has 0 aromatic carbocycles. The third kappa shape index (κ3) is 7.70. The monoisotopic (exact) mass is 550 g/mol. The van der Waals surface area contributed by atoms with Gasteiger partial charge in [0.2, 0.25) is 0 Å². The number of aliphatic hydroxyl groups is 3. The highest BCUT2D eigenvalue weighted by atomic mass is 127. The lowest BCUT2D eigenvalue weighted by Gasteiger charge is -2.27. The van der Waals surface area contributed by atoms with Crippen molar-refractivity contribution < 1.29 is 24.9 Å². The molecule has 0 bridgehead atoms. The van der Waals surface area contributed by atoms with Gasteiger partial charge in [0.25, 0.3) is 0 Å². The van der Waals surface area contributed by atoms with Crippen LogP contribution in [0.15, 0.2) is 12.3 Å². The first-order chi connectivity index (χ1) is 14.6. The third-order valence-corrected chi connectivity index (χ3v) is 6.01. The second-order valence-corrected chi connectivity index (χ2v) is 10.0. The van der Waals surface area contributed by atoms with E-state index in [0.717, 1.165) is 28.8 Å². The van der Waals surface area contributed by atoms with Crippen LogP contribution in [0.2, 0.25) is 0 Å². The Kier molecular flexibility index (Phi) is 9.74. The number of amides is 1. The minimum Gasteiger partial charge on any atom is -0.443 e. The molecule has 1 amide bonds. The van der Waals surface area contributed by atoms with E-state index < -0.39 is 11.7 Å². The highest BCUT2D eigenvalue weighted by Crippen LogP contribution is 2.29. The Hall–Kier alpha value is -1.21. The maximum Gasteiger partial charge on any atom is 0.414 e. The van der Waals surface area contributed by atoms with E-state index in [-0.39, 0.29) is 31.4 Å². The summed E-state index contributed by atoms with van der Waals surface area (Å²) in [5.41, 5.74) is 0.178. The van der Waals surface area contributed by atoms with Crippen molar-refractivity contribution in [1.82, 2.24) is 10.3 Å². The number of rotatable bonds is 4. The number of β-amino-alcohol motifs (C(OH)–C–C–N with tert-alkyl or cyclic N) is 1. The van der Waals surface area contributed by atoms with Crippen molar-refractivity contribution in [2.75, 3.05) is 43.2 Å². The Labute approximate surface area is 197 Å². The number of halogens is 1. The highest BCUT2D eigenvalue weighted by molar-refractivity contribution is 14.1. The summed E-state index contributed by atoms with van der Waals surface area (Å²) in [5.74, 6) is 0.840. The molecule has 0 saturated carbocycles. The summed E-state index contributed by atoms with van der Waals surface area (Å²) in [6.45, 7) is 7.32. The summed E-state index contributed by atoms with van der Waals surface area (Å²) in [4.78, 5) is 20.3. The predicted molar refractivity (Wildman–Crippen MR) is 129 cm³/mol. The van der Waals surface area contributed by atoms with Crippen LogP contribution < -0.4 is 15.1 Å². The van der Waals surface area contributed by atoms with Crippen LogP contribution in [0.1, 0.15) is 40.0 Å². The van der Waals surface area contributed by atoms with E-state index in [2.05, 4.69) is 37.8 Å². The number of carbonyl (C=O) groups excluding carboxylic acids is 1. The lowest BCUT2D eigenvalue weighted by molar-refractivity contribution is 0.0589. The van der Waals surface area contributed by atoms with Crippen molar-refractivity contribution >= 4 is 40.2 Å². The first kappa shape index (κ1) is 26.0. The summed E-state index contributed by atoms with van der Waals surface area (Å²) >= 11 is 2.20. The van der Waals surface area contributed by atoms with Gasteiger partial charge in [-0.3, -0.25) is 4.90 Å². The molecule has 176 valence electrons. The average molecular weight is 550 g/mol. The highest BCUT2D eigenvalue weighted by Gasteiger charge is 2.27. The Morgan fingerprint density at radius 1 is 1.39 bits per heavy atom. The number of hydrogen-bond acceptors (Lipinski definition) is 8. The molecule has 10 heteroatoms. The summed E-state index contributed by atoms with van der Waals surface area (Å²) in [7, 11) is 1.68. The van der Waals surface area contributed by atoms with E-state index in [9.17, 15) is 9.90 Å². The molecule has 0 spiro atoms. The minimum atomic E-state index is -0.534. The zero-order valence-electron chi connectivity index (χ0n) is 18.7. The van der Waals surface area contributed by atoms with Crippen LogP contribution >= 0.6 is 22.6 Å². The van der Waals surface area contributed by atoms with Crippen molar-refractivity contribution in [1.29, 1.82) is 0 Å². The molecule has 3 rings (SSSR count). The molecule has 0 radical (unpaired) electrons. The lowest BCUT2D eigenvalue weighted by Crippen LogP contribution is -2.35. The van der Waals surface area contributed by atoms with Gasteiger partial charge < -0.3 is 30.3 Å². The van der Waals surface area contributed by atoms with Crippen LogP contribution in [0.25, 0.3) is 0 Å². The van der Waals surface area contributed by atoms with Gasteiger partial charge in [0.15, 0.2) is 0 Å². The van der Waals surface area contributed by atoms with Crippen LogP contribution in [-0.2, 0) is 4.74 Å². The van der Waals surface area contributed by atoms with Crippen LogP contribution in [0.3, 0.4) is 0 Å². The molecular formula is C21H35IN4O5. The number of aliphatic hydroxyl groups excluding tert-OH is 3. The predicted octanol–water partition coefficient (Wildman–Crippen LogP) is 1.72. The van der Waals surface area contributed by atoms with Crippen molar-refractivity contribution in [3.8, 4) is 0 Å². The Morgan fingerprint density at radius 3 is 2.58 bits per heavy atom. The zero-order chi connectivity index (χ0) is 23.2. The fraction of sp³-hybridized carbons (Fsp3) is 0.714. The van der Waals surface area contributed by atoms with Gasteiger partial charge >= 0.3 is 6.09 Å². The smallest absolute Gasteiger partial charge is 0.414 e. The van der Waals surface area contributed by atoms with Gasteiger partial charge in [0.05, 0.1) is 37.2 Å². The number of pyridine rings is 1. The summed E-state index contributed by atoms with van der Waals surface area (Å²) in [5, 5.41) is 29.8. The molecule has 1 aromatic heterocycles.